The van der Waals surface area contributed by atoms with Crippen molar-refractivity contribution < 1.29 is 14.8 Å². The van der Waals surface area contributed by atoms with Gasteiger partial charge in [-0.15, -0.1) is 0 Å². The number of aliphatic carboxylic acids is 1. The predicted octanol–water partition coefficient (Wildman–Crippen LogP) is 3.70. The highest BCUT2D eigenvalue weighted by Crippen LogP contribution is 2.27. The summed E-state index contributed by atoms with van der Waals surface area (Å²) in [6.07, 6.45) is 3.42. The number of hydrogen-bond donors (Lipinski definition) is 2. The molecule has 1 aromatic carbocycles. The maximum Gasteiger partial charge on any atom is 0.303 e. The van der Waals surface area contributed by atoms with Crippen LogP contribution in [-0.2, 0) is 4.79 Å². The molecule has 0 fully saturated rings. The van der Waals surface area contributed by atoms with Gasteiger partial charge in [0.05, 0.1) is 4.92 Å². The van der Waals surface area contributed by atoms with Gasteiger partial charge in [0.15, 0.2) is 0 Å². The average molecular weight is 301 g/mol. The van der Waals surface area contributed by atoms with E-state index in [1.807, 2.05) is 0 Å². The maximum atomic E-state index is 10.9. The lowest BCUT2D eigenvalue weighted by molar-refractivity contribution is -0.383. The smallest absolute Gasteiger partial charge is 0.303 e. The van der Waals surface area contributed by atoms with Crippen LogP contribution in [0.25, 0.3) is 0 Å². The number of nitro groups is 1. The normalized spacial score (nSPS) is 10.2. The van der Waals surface area contributed by atoms with Gasteiger partial charge in [-0.2, -0.15) is 0 Å². The van der Waals surface area contributed by atoms with Crippen LogP contribution in [0.3, 0.4) is 0 Å². The third-order valence-corrected chi connectivity index (χ3v) is 3.02. The fourth-order valence-corrected chi connectivity index (χ4v) is 1.95. The fraction of sp³-hybridized carbons (Fsp3) is 0.462. The molecule has 2 N–H and O–H groups in total. The molecule has 1 aromatic rings. The van der Waals surface area contributed by atoms with Crippen molar-refractivity contribution in [2.45, 2.75) is 32.1 Å². The van der Waals surface area contributed by atoms with E-state index in [0.717, 1.165) is 19.3 Å². The first kappa shape index (κ1) is 16.2. The number of rotatable bonds is 9. The van der Waals surface area contributed by atoms with Crippen molar-refractivity contribution in [2.24, 2.45) is 0 Å². The molecule has 0 saturated carbocycles. The second-order valence-corrected chi connectivity index (χ2v) is 4.84. The molecule has 0 bridgehead atoms. The summed E-state index contributed by atoms with van der Waals surface area (Å²) in [5.74, 6) is -0.778. The molecule has 20 heavy (non-hydrogen) atoms. The summed E-state index contributed by atoms with van der Waals surface area (Å²) in [6, 6.07) is 4.51. The Morgan fingerprint density at radius 3 is 2.65 bits per heavy atom. The van der Waals surface area contributed by atoms with Crippen molar-refractivity contribution in [2.75, 3.05) is 11.9 Å². The van der Waals surface area contributed by atoms with Gasteiger partial charge in [-0.3, -0.25) is 14.9 Å². The third kappa shape index (κ3) is 5.88. The molecule has 0 radical (unpaired) electrons. The van der Waals surface area contributed by atoms with E-state index in [2.05, 4.69) is 5.32 Å². The molecule has 1 rings (SSSR count). The predicted molar refractivity (Wildman–Crippen MR) is 77.3 cm³/mol. The van der Waals surface area contributed by atoms with Crippen LogP contribution in [0.2, 0.25) is 5.02 Å². The largest absolute Gasteiger partial charge is 0.481 e. The zero-order chi connectivity index (χ0) is 15.0. The molecule has 0 atom stereocenters. The maximum absolute atomic E-state index is 10.9. The average Bonchev–Trinajstić information content (AvgIpc) is 2.38. The van der Waals surface area contributed by atoms with Gasteiger partial charge in [0.2, 0.25) is 0 Å². The van der Waals surface area contributed by atoms with E-state index in [0.29, 0.717) is 23.7 Å². The molecule has 0 amide bonds. The Labute approximate surface area is 121 Å². The number of nitro benzene ring substituents is 1. The van der Waals surface area contributed by atoms with Crippen LogP contribution in [0, 0.1) is 10.1 Å². The molecular weight excluding hydrogens is 284 g/mol. The molecule has 0 heterocycles. The third-order valence-electron chi connectivity index (χ3n) is 2.79. The highest BCUT2D eigenvalue weighted by Gasteiger charge is 2.13. The Morgan fingerprint density at radius 2 is 2.00 bits per heavy atom. The minimum absolute atomic E-state index is 0.0385. The number of halogens is 1. The number of carboxylic acid groups (broad SMARTS) is 1. The quantitative estimate of drug-likeness (QED) is 0.412. The Morgan fingerprint density at radius 1 is 1.30 bits per heavy atom. The van der Waals surface area contributed by atoms with E-state index in [-0.39, 0.29) is 12.1 Å². The number of hydrogen-bond acceptors (Lipinski definition) is 4. The van der Waals surface area contributed by atoms with Crippen molar-refractivity contribution in [3.05, 3.63) is 33.3 Å². The summed E-state index contributed by atoms with van der Waals surface area (Å²) in [5, 5.41) is 22.7. The molecule has 6 nitrogen and oxygen atoms in total. The van der Waals surface area contributed by atoms with Crippen molar-refractivity contribution >= 4 is 28.9 Å². The number of carboxylic acids is 1. The van der Waals surface area contributed by atoms with E-state index in [1.165, 1.54) is 6.07 Å². The van der Waals surface area contributed by atoms with Gasteiger partial charge in [0.1, 0.15) is 5.69 Å². The summed E-state index contributed by atoms with van der Waals surface area (Å²) in [4.78, 5) is 20.7. The van der Waals surface area contributed by atoms with E-state index in [1.54, 1.807) is 12.1 Å². The SMILES string of the molecule is O=C(O)CCCCCCNc1ccc(Cl)cc1[N+](=O)[O-]. The van der Waals surface area contributed by atoms with Crippen molar-refractivity contribution in [1.82, 2.24) is 0 Å². The van der Waals surface area contributed by atoms with Crippen LogP contribution in [-0.4, -0.2) is 22.5 Å². The molecule has 0 aromatic heterocycles. The van der Waals surface area contributed by atoms with Gasteiger partial charge in [-0.1, -0.05) is 24.4 Å². The van der Waals surface area contributed by atoms with Crippen LogP contribution in [0.1, 0.15) is 32.1 Å². The molecule has 0 spiro atoms. The van der Waals surface area contributed by atoms with Gasteiger partial charge < -0.3 is 10.4 Å². The van der Waals surface area contributed by atoms with Gasteiger partial charge in [-0.05, 0) is 25.0 Å². The second-order valence-electron chi connectivity index (χ2n) is 4.40. The van der Waals surface area contributed by atoms with Crippen molar-refractivity contribution in [3.8, 4) is 0 Å². The zero-order valence-corrected chi connectivity index (χ0v) is 11.7. The standard InChI is InChI=1S/C13H17ClN2O4/c14-10-6-7-11(12(9-10)16(19)20)15-8-4-2-1-3-5-13(17)18/h6-7,9,15H,1-5,8H2,(H,17,18). The lowest BCUT2D eigenvalue weighted by Gasteiger charge is -2.07. The lowest BCUT2D eigenvalue weighted by Crippen LogP contribution is -2.04. The molecule has 0 saturated heterocycles. The fourth-order valence-electron chi connectivity index (χ4n) is 1.78. The van der Waals surface area contributed by atoms with Gasteiger partial charge in [0.25, 0.3) is 5.69 Å². The van der Waals surface area contributed by atoms with E-state index >= 15 is 0 Å². The Balaban J connectivity index is 2.32. The molecule has 0 unspecified atom stereocenters. The summed E-state index contributed by atoms with van der Waals surface area (Å²) >= 11 is 5.72. The topological polar surface area (TPSA) is 92.5 Å². The number of carbonyl (C=O) groups is 1. The van der Waals surface area contributed by atoms with Crippen molar-refractivity contribution in [1.29, 1.82) is 0 Å². The van der Waals surface area contributed by atoms with Crippen LogP contribution in [0.5, 0.6) is 0 Å². The molecule has 0 aliphatic heterocycles. The van der Waals surface area contributed by atoms with Crippen LogP contribution >= 0.6 is 11.6 Å². The van der Waals surface area contributed by atoms with Gasteiger partial charge in [0, 0.05) is 24.1 Å². The molecule has 0 aliphatic rings. The van der Waals surface area contributed by atoms with E-state index in [9.17, 15) is 14.9 Å². The number of nitrogens with one attached hydrogen (secondary N) is 1. The number of benzene rings is 1. The molecule has 7 heteroatoms. The minimum Gasteiger partial charge on any atom is -0.481 e. The van der Waals surface area contributed by atoms with Gasteiger partial charge in [-0.25, -0.2) is 0 Å². The monoisotopic (exact) mass is 300 g/mol. The first-order chi connectivity index (χ1) is 9.50. The number of unbranched alkanes of at least 4 members (excludes halogenated alkanes) is 3. The lowest BCUT2D eigenvalue weighted by atomic mass is 10.1. The molecular formula is C13H17ClN2O4. The highest BCUT2D eigenvalue weighted by molar-refractivity contribution is 6.30. The minimum atomic E-state index is -0.778. The Hall–Kier alpha value is -1.82. The second kappa shape index (κ2) is 8.37. The molecule has 110 valence electrons. The highest BCUT2D eigenvalue weighted by atomic mass is 35.5. The first-order valence-electron chi connectivity index (χ1n) is 6.40. The summed E-state index contributed by atoms with van der Waals surface area (Å²) in [7, 11) is 0. The summed E-state index contributed by atoms with van der Waals surface area (Å²) < 4.78 is 0. The van der Waals surface area contributed by atoms with E-state index in [4.69, 9.17) is 16.7 Å². The summed E-state index contributed by atoms with van der Waals surface area (Å²) in [6.45, 7) is 0.607. The first-order valence-corrected chi connectivity index (χ1v) is 6.78. The summed E-state index contributed by atoms with van der Waals surface area (Å²) in [5.41, 5.74) is 0.410. The number of anilines is 1. The Bertz CT molecular complexity index is 479. The Kier molecular flexibility index (Phi) is 6.79. The van der Waals surface area contributed by atoms with E-state index < -0.39 is 10.9 Å². The van der Waals surface area contributed by atoms with Gasteiger partial charge >= 0.3 is 5.97 Å². The molecule has 0 aliphatic carbocycles. The van der Waals surface area contributed by atoms with Crippen LogP contribution in [0.4, 0.5) is 11.4 Å². The number of nitrogens with zero attached hydrogens (tertiary/aromatic N) is 1. The van der Waals surface area contributed by atoms with Crippen LogP contribution < -0.4 is 5.32 Å². The van der Waals surface area contributed by atoms with Crippen molar-refractivity contribution in [3.63, 3.8) is 0 Å². The van der Waals surface area contributed by atoms with Crippen LogP contribution in [0.15, 0.2) is 18.2 Å². The zero-order valence-electron chi connectivity index (χ0n) is 11.0.